The molecule has 1 aliphatic rings. The number of hydrogen-bond donors (Lipinski definition) is 2. The molecule has 1 fully saturated rings. The number of benzene rings is 1. The van der Waals surface area contributed by atoms with Crippen molar-refractivity contribution in [2.24, 2.45) is 5.73 Å². The summed E-state index contributed by atoms with van der Waals surface area (Å²) in [5.41, 5.74) is 6.17. The topological polar surface area (TPSA) is 55.1 Å². The van der Waals surface area contributed by atoms with Gasteiger partial charge in [-0.2, -0.15) is 0 Å². The number of amides is 1. The van der Waals surface area contributed by atoms with E-state index < -0.39 is 5.82 Å². The van der Waals surface area contributed by atoms with Crippen LogP contribution in [0, 0.1) is 5.82 Å². The van der Waals surface area contributed by atoms with E-state index >= 15 is 0 Å². The van der Waals surface area contributed by atoms with Crippen molar-refractivity contribution < 1.29 is 9.18 Å². The first kappa shape index (κ1) is 18.2. The minimum atomic E-state index is -0.451. The molecule has 0 aliphatic heterocycles. The fraction of sp³-hybridized carbons (Fsp3) is 0.533. The lowest BCUT2D eigenvalue weighted by molar-refractivity contribution is -0.120. The van der Waals surface area contributed by atoms with Gasteiger partial charge in [-0.15, -0.1) is 12.4 Å². The Labute approximate surface area is 135 Å². The van der Waals surface area contributed by atoms with E-state index in [-0.39, 0.29) is 40.9 Å². The highest BCUT2D eigenvalue weighted by Gasteiger charge is 2.27. The molecular weight excluding hydrogens is 314 g/mol. The molecule has 6 heteroatoms. The number of nitrogens with one attached hydrogen (secondary N) is 1. The number of carbonyl (C=O) groups is 1. The van der Waals surface area contributed by atoms with Crippen molar-refractivity contribution in [1.29, 1.82) is 0 Å². The smallest absolute Gasteiger partial charge is 0.224 e. The minimum absolute atomic E-state index is 0. The average molecular weight is 335 g/mol. The third-order valence-corrected chi connectivity index (χ3v) is 4.24. The van der Waals surface area contributed by atoms with Crippen LogP contribution in [0.4, 0.5) is 4.39 Å². The largest absolute Gasteiger partial charge is 0.354 e. The molecule has 1 aromatic rings. The Morgan fingerprint density at radius 3 is 2.62 bits per heavy atom. The number of rotatable bonds is 4. The summed E-state index contributed by atoms with van der Waals surface area (Å²) in [4.78, 5) is 11.9. The highest BCUT2D eigenvalue weighted by atomic mass is 35.5. The molecule has 21 heavy (non-hydrogen) atoms. The Morgan fingerprint density at radius 2 is 2.00 bits per heavy atom. The molecule has 1 amide bonds. The number of hydrogen-bond acceptors (Lipinski definition) is 2. The molecule has 3 nitrogen and oxygen atoms in total. The molecular formula is C15H21Cl2FN2O. The Hall–Kier alpha value is -0.840. The monoisotopic (exact) mass is 334 g/mol. The van der Waals surface area contributed by atoms with Crippen LogP contribution in [0.25, 0.3) is 0 Å². The SMILES string of the molecule is Cl.NC1(CNC(=O)Cc2c(F)cccc2Cl)CCCCC1. The maximum Gasteiger partial charge on any atom is 0.224 e. The summed E-state index contributed by atoms with van der Waals surface area (Å²) in [5, 5.41) is 3.08. The van der Waals surface area contributed by atoms with Crippen LogP contribution >= 0.6 is 24.0 Å². The van der Waals surface area contributed by atoms with Crippen LogP contribution in [0.2, 0.25) is 5.02 Å². The van der Waals surface area contributed by atoms with Crippen LogP contribution in [-0.2, 0) is 11.2 Å². The van der Waals surface area contributed by atoms with Crippen molar-refractivity contribution in [3.8, 4) is 0 Å². The standard InChI is InChI=1S/C15H20ClFN2O.ClH/c16-12-5-4-6-13(17)11(12)9-14(20)19-10-15(18)7-2-1-3-8-15;/h4-6H,1-3,7-10,18H2,(H,19,20);1H. The van der Waals surface area contributed by atoms with Crippen molar-refractivity contribution in [2.45, 2.75) is 44.1 Å². The van der Waals surface area contributed by atoms with E-state index in [9.17, 15) is 9.18 Å². The molecule has 1 aromatic carbocycles. The van der Waals surface area contributed by atoms with Crippen LogP contribution in [0.3, 0.4) is 0 Å². The summed E-state index contributed by atoms with van der Waals surface area (Å²) < 4.78 is 13.6. The summed E-state index contributed by atoms with van der Waals surface area (Å²) in [5.74, 6) is -0.694. The second kappa shape index (κ2) is 7.97. The molecule has 2 rings (SSSR count). The molecule has 0 spiro atoms. The molecule has 118 valence electrons. The van der Waals surface area contributed by atoms with Gasteiger partial charge in [-0.1, -0.05) is 36.9 Å². The summed E-state index contributed by atoms with van der Waals surface area (Å²) in [7, 11) is 0. The highest BCUT2D eigenvalue weighted by molar-refractivity contribution is 6.31. The van der Waals surface area contributed by atoms with Gasteiger partial charge in [0.2, 0.25) is 5.91 Å². The quantitative estimate of drug-likeness (QED) is 0.888. The summed E-state index contributed by atoms with van der Waals surface area (Å²) in [6.07, 6.45) is 5.21. The van der Waals surface area contributed by atoms with Gasteiger partial charge in [-0.05, 0) is 25.0 Å². The Balaban J connectivity index is 0.00000220. The van der Waals surface area contributed by atoms with Gasteiger partial charge in [0, 0.05) is 22.7 Å². The first-order chi connectivity index (χ1) is 9.50. The molecule has 1 saturated carbocycles. The van der Waals surface area contributed by atoms with E-state index in [4.69, 9.17) is 17.3 Å². The zero-order valence-corrected chi connectivity index (χ0v) is 13.4. The van der Waals surface area contributed by atoms with Gasteiger partial charge in [0.05, 0.1) is 6.42 Å². The van der Waals surface area contributed by atoms with Crippen LogP contribution in [0.15, 0.2) is 18.2 Å². The fourth-order valence-corrected chi connectivity index (χ4v) is 2.86. The zero-order valence-electron chi connectivity index (χ0n) is 11.8. The molecule has 0 atom stereocenters. The van der Waals surface area contributed by atoms with Gasteiger partial charge >= 0.3 is 0 Å². The molecule has 0 unspecified atom stereocenters. The minimum Gasteiger partial charge on any atom is -0.354 e. The van der Waals surface area contributed by atoms with E-state index in [0.29, 0.717) is 6.54 Å². The Bertz CT molecular complexity index is 470. The molecule has 1 aliphatic carbocycles. The van der Waals surface area contributed by atoms with Crippen LogP contribution in [0.1, 0.15) is 37.7 Å². The van der Waals surface area contributed by atoms with Crippen molar-refractivity contribution >= 4 is 29.9 Å². The lowest BCUT2D eigenvalue weighted by Crippen LogP contribution is -2.51. The van der Waals surface area contributed by atoms with Gasteiger partial charge in [0.1, 0.15) is 5.82 Å². The number of halogens is 3. The number of nitrogens with two attached hydrogens (primary N) is 1. The predicted molar refractivity (Wildman–Crippen MR) is 85.4 cm³/mol. The summed E-state index contributed by atoms with van der Waals surface area (Å²) in [6, 6.07) is 4.41. The number of carbonyl (C=O) groups excluding carboxylic acids is 1. The van der Waals surface area contributed by atoms with Crippen LogP contribution in [0.5, 0.6) is 0 Å². The molecule has 3 N–H and O–H groups in total. The molecule has 0 heterocycles. The van der Waals surface area contributed by atoms with Crippen molar-refractivity contribution in [3.63, 3.8) is 0 Å². The molecule has 0 bridgehead atoms. The third kappa shape index (κ3) is 5.13. The predicted octanol–water partition coefficient (Wildman–Crippen LogP) is 3.22. The fourth-order valence-electron chi connectivity index (χ4n) is 2.63. The summed E-state index contributed by atoms with van der Waals surface area (Å²) in [6.45, 7) is 0.442. The van der Waals surface area contributed by atoms with Crippen molar-refractivity contribution in [3.05, 3.63) is 34.6 Å². The van der Waals surface area contributed by atoms with E-state index in [0.717, 1.165) is 25.7 Å². The van der Waals surface area contributed by atoms with E-state index in [1.165, 1.54) is 18.6 Å². The lowest BCUT2D eigenvalue weighted by atomic mass is 9.82. The van der Waals surface area contributed by atoms with Gasteiger partial charge in [-0.25, -0.2) is 4.39 Å². The van der Waals surface area contributed by atoms with E-state index in [1.54, 1.807) is 6.07 Å². The summed E-state index contributed by atoms with van der Waals surface area (Å²) >= 11 is 5.91. The van der Waals surface area contributed by atoms with Crippen LogP contribution < -0.4 is 11.1 Å². The first-order valence-electron chi connectivity index (χ1n) is 6.99. The highest BCUT2D eigenvalue weighted by Crippen LogP contribution is 2.25. The molecule has 0 radical (unpaired) electrons. The lowest BCUT2D eigenvalue weighted by Gasteiger charge is -2.33. The van der Waals surface area contributed by atoms with Gasteiger partial charge in [0.15, 0.2) is 0 Å². The zero-order chi connectivity index (χ0) is 14.6. The second-order valence-electron chi connectivity index (χ2n) is 5.58. The van der Waals surface area contributed by atoms with Crippen LogP contribution in [-0.4, -0.2) is 18.0 Å². The Morgan fingerprint density at radius 1 is 1.33 bits per heavy atom. The molecule has 0 aromatic heterocycles. The maximum absolute atomic E-state index is 13.6. The average Bonchev–Trinajstić information content (AvgIpc) is 2.42. The van der Waals surface area contributed by atoms with E-state index in [1.807, 2.05) is 0 Å². The second-order valence-corrected chi connectivity index (χ2v) is 5.98. The third-order valence-electron chi connectivity index (χ3n) is 3.89. The molecule has 0 saturated heterocycles. The van der Waals surface area contributed by atoms with Crippen molar-refractivity contribution in [1.82, 2.24) is 5.32 Å². The van der Waals surface area contributed by atoms with Gasteiger partial charge in [0.25, 0.3) is 0 Å². The van der Waals surface area contributed by atoms with Crippen molar-refractivity contribution in [2.75, 3.05) is 6.54 Å². The first-order valence-corrected chi connectivity index (χ1v) is 7.36. The van der Waals surface area contributed by atoms with Gasteiger partial charge in [-0.3, -0.25) is 4.79 Å². The Kier molecular flexibility index (Phi) is 6.91. The maximum atomic E-state index is 13.6. The van der Waals surface area contributed by atoms with E-state index in [2.05, 4.69) is 5.32 Å². The normalized spacial score (nSPS) is 16.9. The van der Waals surface area contributed by atoms with Gasteiger partial charge < -0.3 is 11.1 Å².